The Hall–Kier alpha value is -2.58. The third-order valence-corrected chi connectivity index (χ3v) is 4.17. The largest absolute Gasteiger partial charge is 0.496 e. The van der Waals surface area contributed by atoms with E-state index in [0.29, 0.717) is 0 Å². The van der Waals surface area contributed by atoms with Crippen molar-refractivity contribution in [2.24, 2.45) is 5.73 Å². The molecular formula is C22H23NO. The van der Waals surface area contributed by atoms with Crippen molar-refractivity contribution >= 4 is 22.9 Å². The summed E-state index contributed by atoms with van der Waals surface area (Å²) in [6.07, 6.45) is 6.30. The molecule has 2 heteroatoms. The Morgan fingerprint density at radius 2 is 1.71 bits per heavy atom. The lowest BCUT2D eigenvalue weighted by Crippen LogP contribution is -2.00. The predicted molar refractivity (Wildman–Crippen MR) is 103 cm³/mol. The van der Waals surface area contributed by atoms with E-state index in [1.54, 1.807) is 7.11 Å². The van der Waals surface area contributed by atoms with Gasteiger partial charge in [0.1, 0.15) is 5.75 Å². The number of methoxy groups -OCH3 is 1. The standard InChI is InChI=1S/C22H23NO/c1-24-22-16-20-10-3-2-9-19(20)15-21(22)12-11-18-7-4-6-17(14-18)8-5-13-23/h2-4,6-7,9-12,14-16H,5,8,13,23H2,1H3. The summed E-state index contributed by atoms with van der Waals surface area (Å²) in [5, 5.41) is 2.41. The van der Waals surface area contributed by atoms with Crippen LogP contribution in [0.4, 0.5) is 0 Å². The second kappa shape index (κ2) is 7.80. The maximum atomic E-state index is 5.60. The Morgan fingerprint density at radius 1 is 0.917 bits per heavy atom. The summed E-state index contributed by atoms with van der Waals surface area (Å²) in [4.78, 5) is 0. The van der Waals surface area contributed by atoms with Crippen molar-refractivity contribution in [3.8, 4) is 5.75 Å². The van der Waals surface area contributed by atoms with E-state index in [1.807, 2.05) is 6.07 Å². The van der Waals surface area contributed by atoms with Crippen LogP contribution in [-0.4, -0.2) is 13.7 Å². The summed E-state index contributed by atoms with van der Waals surface area (Å²) >= 11 is 0. The molecule has 122 valence electrons. The molecule has 2 nitrogen and oxygen atoms in total. The molecule has 24 heavy (non-hydrogen) atoms. The molecule has 0 saturated carbocycles. The van der Waals surface area contributed by atoms with Gasteiger partial charge in [-0.25, -0.2) is 0 Å². The van der Waals surface area contributed by atoms with Crippen LogP contribution in [0.15, 0.2) is 60.7 Å². The molecule has 2 N–H and O–H groups in total. The highest BCUT2D eigenvalue weighted by atomic mass is 16.5. The first-order valence-electron chi connectivity index (χ1n) is 8.34. The Kier molecular flexibility index (Phi) is 5.29. The highest BCUT2D eigenvalue weighted by Gasteiger charge is 2.03. The molecular weight excluding hydrogens is 294 g/mol. The minimum absolute atomic E-state index is 0.731. The molecule has 3 aromatic rings. The maximum absolute atomic E-state index is 5.60. The monoisotopic (exact) mass is 317 g/mol. The van der Waals surface area contributed by atoms with Crippen molar-refractivity contribution in [1.29, 1.82) is 0 Å². The molecule has 0 aliphatic heterocycles. The lowest BCUT2D eigenvalue weighted by Gasteiger charge is -2.07. The minimum Gasteiger partial charge on any atom is -0.496 e. The van der Waals surface area contributed by atoms with Crippen molar-refractivity contribution in [2.75, 3.05) is 13.7 Å². The Bertz CT molecular complexity index is 851. The molecule has 3 rings (SSSR count). The van der Waals surface area contributed by atoms with Gasteiger partial charge in [-0.1, -0.05) is 60.7 Å². The van der Waals surface area contributed by atoms with Gasteiger partial charge < -0.3 is 10.5 Å². The molecule has 0 radical (unpaired) electrons. The van der Waals surface area contributed by atoms with Crippen LogP contribution in [0.2, 0.25) is 0 Å². The first-order valence-corrected chi connectivity index (χ1v) is 8.34. The van der Waals surface area contributed by atoms with Crippen molar-refractivity contribution in [3.05, 3.63) is 77.4 Å². The topological polar surface area (TPSA) is 35.2 Å². The second-order valence-corrected chi connectivity index (χ2v) is 5.91. The van der Waals surface area contributed by atoms with Gasteiger partial charge in [0.25, 0.3) is 0 Å². The van der Waals surface area contributed by atoms with Gasteiger partial charge >= 0.3 is 0 Å². The zero-order valence-electron chi connectivity index (χ0n) is 14.0. The fourth-order valence-electron chi connectivity index (χ4n) is 2.89. The van der Waals surface area contributed by atoms with E-state index in [4.69, 9.17) is 10.5 Å². The summed E-state index contributed by atoms with van der Waals surface area (Å²) in [7, 11) is 1.72. The molecule has 0 bridgehead atoms. The lowest BCUT2D eigenvalue weighted by atomic mass is 10.0. The summed E-state index contributed by atoms with van der Waals surface area (Å²) in [5.41, 5.74) is 9.21. The van der Waals surface area contributed by atoms with E-state index in [0.717, 1.165) is 30.7 Å². The number of fused-ring (bicyclic) bond motifs is 1. The van der Waals surface area contributed by atoms with Crippen LogP contribution in [0.25, 0.3) is 22.9 Å². The van der Waals surface area contributed by atoms with Crippen molar-refractivity contribution < 1.29 is 4.74 Å². The molecule has 0 saturated heterocycles. The highest BCUT2D eigenvalue weighted by molar-refractivity contribution is 5.88. The van der Waals surface area contributed by atoms with Crippen LogP contribution in [0.3, 0.4) is 0 Å². The number of nitrogens with two attached hydrogens (primary N) is 1. The predicted octanol–water partition coefficient (Wildman–Crippen LogP) is 4.91. The number of hydrogen-bond acceptors (Lipinski definition) is 2. The SMILES string of the molecule is COc1cc2ccccc2cc1C=Cc1cccc(CCCN)c1. The van der Waals surface area contributed by atoms with E-state index < -0.39 is 0 Å². The summed E-state index contributed by atoms with van der Waals surface area (Å²) < 4.78 is 5.55. The molecule has 0 amide bonds. The van der Waals surface area contributed by atoms with E-state index >= 15 is 0 Å². The summed E-state index contributed by atoms with van der Waals surface area (Å²) in [6, 6.07) is 21.2. The van der Waals surface area contributed by atoms with Crippen molar-refractivity contribution in [2.45, 2.75) is 12.8 Å². The molecule has 0 spiro atoms. The van der Waals surface area contributed by atoms with Crippen LogP contribution >= 0.6 is 0 Å². The minimum atomic E-state index is 0.731. The van der Waals surface area contributed by atoms with Gasteiger partial charge in [-0.15, -0.1) is 0 Å². The van der Waals surface area contributed by atoms with Crippen molar-refractivity contribution in [3.63, 3.8) is 0 Å². The van der Waals surface area contributed by atoms with Gasteiger partial charge in [-0.3, -0.25) is 0 Å². The third-order valence-electron chi connectivity index (χ3n) is 4.17. The zero-order valence-corrected chi connectivity index (χ0v) is 14.0. The van der Waals surface area contributed by atoms with Crippen molar-refractivity contribution in [1.82, 2.24) is 0 Å². The Morgan fingerprint density at radius 3 is 2.46 bits per heavy atom. The molecule has 3 aromatic carbocycles. The number of ether oxygens (including phenoxy) is 1. The van der Waals surface area contributed by atoms with Gasteiger partial charge in [0, 0.05) is 5.56 Å². The van der Waals surface area contributed by atoms with E-state index in [2.05, 4.69) is 66.7 Å². The number of hydrogen-bond donors (Lipinski definition) is 1. The van der Waals surface area contributed by atoms with Crippen LogP contribution < -0.4 is 10.5 Å². The average molecular weight is 317 g/mol. The molecule has 0 fully saturated rings. The zero-order chi connectivity index (χ0) is 16.8. The number of rotatable bonds is 6. The quantitative estimate of drug-likeness (QED) is 0.656. The van der Waals surface area contributed by atoms with Gasteiger partial charge in [-0.2, -0.15) is 0 Å². The van der Waals surface area contributed by atoms with Crippen LogP contribution in [0, 0.1) is 0 Å². The Balaban J connectivity index is 1.89. The smallest absolute Gasteiger partial charge is 0.126 e. The molecule has 0 atom stereocenters. The summed E-state index contributed by atoms with van der Waals surface area (Å²) in [5.74, 6) is 0.893. The van der Waals surface area contributed by atoms with E-state index in [-0.39, 0.29) is 0 Å². The molecule has 0 aliphatic carbocycles. The van der Waals surface area contributed by atoms with Crippen LogP contribution in [0.5, 0.6) is 5.75 Å². The van der Waals surface area contributed by atoms with Gasteiger partial charge in [0.2, 0.25) is 0 Å². The van der Waals surface area contributed by atoms with E-state index in [9.17, 15) is 0 Å². The van der Waals surface area contributed by atoms with E-state index in [1.165, 1.54) is 21.9 Å². The fraction of sp³-hybridized carbons (Fsp3) is 0.182. The van der Waals surface area contributed by atoms with Gasteiger partial charge in [0.15, 0.2) is 0 Å². The first kappa shape index (κ1) is 16.3. The lowest BCUT2D eigenvalue weighted by molar-refractivity contribution is 0.414. The van der Waals surface area contributed by atoms with Gasteiger partial charge in [0.05, 0.1) is 7.11 Å². The normalized spacial score (nSPS) is 11.2. The third kappa shape index (κ3) is 3.84. The maximum Gasteiger partial charge on any atom is 0.126 e. The Labute approximate surface area is 143 Å². The summed E-state index contributed by atoms with van der Waals surface area (Å²) in [6.45, 7) is 0.731. The number of aryl methyl sites for hydroxylation is 1. The first-order chi connectivity index (χ1) is 11.8. The molecule has 0 unspecified atom stereocenters. The highest BCUT2D eigenvalue weighted by Crippen LogP contribution is 2.27. The van der Waals surface area contributed by atoms with Crippen LogP contribution in [0.1, 0.15) is 23.1 Å². The average Bonchev–Trinajstić information content (AvgIpc) is 2.64. The second-order valence-electron chi connectivity index (χ2n) is 5.91. The van der Waals surface area contributed by atoms with Gasteiger partial charge in [-0.05, 0) is 53.4 Å². The van der Waals surface area contributed by atoms with Crippen LogP contribution in [-0.2, 0) is 6.42 Å². The molecule has 0 aromatic heterocycles. The molecule has 0 heterocycles. The number of benzene rings is 3. The molecule has 0 aliphatic rings. The fourth-order valence-corrected chi connectivity index (χ4v) is 2.89.